The normalized spacial score (nSPS) is 13.1. The molecule has 3 N–H and O–H groups in total. The Labute approximate surface area is 100 Å². The zero-order valence-corrected chi connectivity index (χ0v) is 10.8. The summed E-state index contributed by atoms with van der Waals surface area (Å²) in [6.45, 7) is 6.40. The maximum absolute atomic E-state index is 9.20. The van der Waals surface area contributed by atoms with E-state index in [1.54, 1.807) is 17.5 Å². The molecule has 0 saturated carbocycles. The fraction of sp³-hybridized carbons (Fsp3) is 0.727. The SMILES string of the molecule is CC(CO)(CO)CNC(C)(C)c1nccs1. The van der Waals surface area contributed by atoms with Gasteiger partial charge < -0.3 is 15.5 Å². The van der Waals surface area contributed by atoms with E-state index >= 15 is 0 Å². The first kappa shape index (κ1) is 13.6. The van der Waals surface area contributed by atoms with Crippen molar-refractivity contribution in [3.05, 3.63) is 16.6 Å². The molecule has 16 heavy (non-hydrogen) atoms. The lowest BCUT2D eigenvalue weighted by atomic mass is 9.91. The summed E-state index contributed by atoms with van der Waals surface area (Å²) >= 11 is 1.60. The van der Waals surface area contributed by atoms with Gasteiger partial charge in [-0.2, -0.15) is 0 Å². The van der Waals surface area contributed by atoms with Crippen LogP contribution in [-0.2, 0) is 5.54 Å². The van der Waals surface area contributed by atoms with Crippen molar-refractivity contribution in [1.29, 1.82) is 0 Å². The fourth-order valence-electron chi connectivity index (χ4n) is 1.20. The van der Waals surface area contributed by atoms with E-state index in [9.17, 15) is 10.2 Å². The smallest absolute Gasteiger partial charge is 0.112 e. The molecule has 5 heteroatoms. The van der Waals surface area contributed by atoms with Crippen LogP contribution in [0.3, 0.4) is 0 Å². The number of aliphatic hydroxyl groups excluding tert-OH is 2. The van der Waals surface area contributed by atoms with Gasteiger partial charge in [-0.15, -0.1) is 11.3 Å². The minimum absolute atomic E-state index is 0.0373. The highest BCUT2D eigenvalue weighted by molar-refractivity contribution is 7.09. The van der Waals surface area contributed by atoms with Gasteiger partial charge in [-0.25, -0.2) is 4.98 Å². The van der Waals surface area contributed by atoms with Crippen molar-refractivity contribution in [3.8, 4) is 0 Å². The summed E-state index contributed by atoms with van der Waals surface area (Å²) in [6.07, 6.45) is 1.78. The van der Waals surface area contributed by atoms with E-state index in [1.165, 1.54) is 0 Å². The first-order chi connectivity index (χ1) is 7.43. The molecule has 0 saturated heterocycles. The van der Waals surface area contributed by atoms with Crippen LogP contribution in [0.4, 0.5) is 0 Å². The van der Waals surface area contributed by atoms with Gasteiger partial charge in [0.1, 0.15) is 5.01 Å². The average Bonchev–Trinajstić information content (AvgIpc) is 2.80. The summed E-state index contributed by atoms with van der Waals surface area (Å²) in [5, 5.41) is 24.7. The van der Waals surface area contributed by atoms with E-state index < -0.39 is 5.41 Å². The van der Waals surface area contributed by atoms with E-state index in [0.717, 1.165) is 5.01 Å². The van der Waals surface area contributed by atoms with Gasteiger partial charge in [0.2, 0.25) is 0 Å². The lowest BCUT2D eigenvalue weighted by Gasteiger charge is -2.31. The van der Waals surface area contributed by atoms with E-state index in [4.69, 9.17) is 0 Å². The zero-order valence-electron chi connectivity index (χ0n) is 10.0. The summed E-state index contributed by atoms with van der Waals surface area (Å²) in [5.41, 5.74) is -0.728. The molecule has 0 radical (unpaired) electrons. The second-order valence-corrected chi connectivity index (χ2v) is 5.84. The lowest BCUT2D eigenvalue weighted by molar-refractivity contribution is 0.0633. The monoisotopic (exact) mass is 244 g/mol. The third-order valence-corrected chi connectivity index (χ3v) is 3.78. The molecule has 0 spiro atoms. The first-order valence-corrected chi connectivity index (χ1v) is 6.18. The predicted octanol–water partition coefficient (Wildman–Crippen LogP) is 0.959. The predicted molar refractivity (Wildman–Crippen MR) is 65.4 cm³/mol. The molecule has 1 aromatic rings. The van der Waals surface area contributed by atoms with Gasteiger partial charge in [0.15, 0.2) is 0 Å². The molecule has 0 aromatic carbocycles. The van der Waals surface area contributed by atoms with Gasteiger partial charge in [0, 0.05) is 23.5 Å². The number of nitrogens with one attached hydrogen (secondary N) is 1. The van der Waals surface area contributed by atoms with Gasteiger partial charge in [-0.3, -0.25) is 0 Å². The van der Waals surface area contributed by atoms with Crippen LogP contribution in [0, 0.1) is 5.41 Å². The molecule has 0 atom stereocenters. The molecular weight excluding hydrogens is 224 g/mol. The Kier molecular flexibility index (Phi) is 4.43. The summed E-state index contributed by atoms with van der Waals surface area (Å²) in [7, 11) is 0. The third-order valence-electron chi connectivity index (χ3n) is 2.69. The molecule has 1 heterocycles. The minimum atomic E-state index is -0.492. The van der Waals surface area contributed by atoms with Crippen molar-refractivity contribution in [2.45, 2.75) is 26.3 Å². The van der Waals surface area contributed by atoms with Gasteiger partial charge in [0.25, 0.3) is 0 Å². The van der Waals surface area contributed by atoms with Crippen LogP contribution >= 0.6 is 11.3 Å². The number of nitrogens with zero attached hydrogens (tertiary/aromatic N) is 1. The van der Waals surface area contributed by atoms with Crippen LogP contribution < -0.4 is 5.32 Å². The van der Waals surface area contributed by atoms with Crippen molar-refractivity contribution >= 4 is 11.3 Å². The summed E-state index contributed by atoms with van der Waals surface area (Å²) < 4.78 is 0. The Balaban J connectivity index is 2.61. The number of rotatable bonds is 6. The van der Waals surface area contributed by atoms with Crippen molar-refractivity contribution in [2.75, 3.05) is 19.8 Å². The fourth-order valence-corrected chi connectivity index (χ4v) is 1.94. The lowest BCUT2D eigenvalue weighted by Crippen LogP contribution is -2.45. The Morgan fingerprint density at radius 1 is 1.31 bits per heavy atom. The molecule has 0 unspecified atom stereocenters. The van der Waals surface area contributed by atoms with Crippen molar-refractivity contribution < 1.29 is 10.2 Å². The van der Waals surface area contributed by atoms with Crippen molar-refractivity contribution in [2.24, 2.45) is 5.41 Å². The second-order valence-electron chi connectivity index (χ2n) is 4.94. The second kappa shape index (κ2) is 5.23. The Hall–Kier alpha value is -0.490. The number of aliphatic hydroxyl groups is 2. The molecular formula is C11H20N2O2S. The maximum Gasteiger partial charge on any atom is 0.112 e. The summed E-state index contributed by atoms with van der Waals surface area (Å²) in [5.74, 6) is 0. The van der Waals surface area contributed by atoms with Gasteiger partial charge >= 0.3 is 0 Å². The van der Waals surface area contributed by atoms with Crippen LogP contribution in [0.1, 0.15) is 25.8 Å². The number of hydrogen-bond donors (Lipinski definition) is 3. The van der Waals surface area contributed by atoms with E-state index in [0.29, 0.717) is 6.54 Å². The molecule has 1 aromatic heterocycles. The van der Waals surface area contributed by atoms with E-state index in [-0.39, 0.29) is 18.8 Å². The number of aromatic nitrogens is 1. The Morgan fingerprint density at radius 2 is 1.94 bits per heavy atom. The molecule has 0 fully saturated rings. The summed E-state index contributed by atoms with van der Waals surface area (Å²) in [4.78, 5) is 4.27. The van der Waals surface area contributed by atoms with E-state index in [2.05, 4.69) is 10.3 Å². The van der Waals surface area contributed by atoms with Crippen LogP contribution in [0.25, 0.3) is 0 Å². The molecule has 0 aliphatic heterocycles. The van der Waals surface area contributed by atoms with Gasteiger partial charge in [0.05, 0.1) is 18.8 Å². The maximum atomic E-state index is 9.20. The average molecular weight is 244 g/mol. The quantitative estimate of drug-likeness (QED) is 0.697. The van der Waals surface area contributed by atoms with Crippen LogP contribution in [-0.4, -0.2) is 35.0 Å². The molecule has 4 nitrogen and oxygen atoms in total. The van der Waals surface area contributed by atoms with Gasteiger partial charge in [-0.05, 0) is 13.8 Å². The molecule has 0 aliphatic rings. The highest BCUT2D eigenvalue weighted by atomic mass is 32.1. The number of thiazole rings is 1. The zero-order chi connectivity index (χ0) is 12.2. The molecule has 1 rings (SSSR count). The molecule has 0 aliphatic carbocycles. The van der Waals surface area contributed by atoms with Crippen molar-refractivity contribution in [1.82, 2.24) is 10.3 Å². The van der Waals surface area contributed by atoms with E-state index in [1.807, 2.05) is 26.2 Å². The Bertz CT molecular complexity index is 308. The number of hydrogen-bond acceptors (Lipinski definition) is 5. The largest absolute Gasteiger partial charge is 0.396 e. The van der Waals surface area contributed by atoms with Crippen LogP contribution in [0.5, 0.6) is 0 Å². The van der Waals surface area contributed by atoms with Crippen LogP contribution in [0.2, 0.25) is 0 Å². The highest BCUT2D eigenvalue weighted by Crippen LogP contribution is 2.23. The molecule has 92 valence electrons. The standard InChI is InChI=1S/C11H20N2O2S/c1-10(2,9-12-4-5-16-9)13-6-11(3,7-14)8-15/h4-5,13-15H,6-8H2,1-3H3. The third kappa shape index (κ3) is 3.25. The summed E-state index contributed by atoms with van der Waals surface area (Å²) in [6, 6.07) is 0. The highest BCUT2D eigenvalue weighted by Gasteiger charge is 2.28. The Morgan fingerprint density at radius 3 is 2.38 bits per heavy atom. The minimum Gasteiger partial charge on any atom is -0.396 e. The van der Waals surface area contributed by atoms with Gasteiger partial charge in [-0.1, -0.05) is 6.92 Å². The molecule has 0 bridgehead atoms. The van der Waals surface area contributed by atoms with Crippen LogP contribution in [0.15, 0.2) is 11.6 Å². The van der Waals surface area contributed by atoms with Crippen molar-refractivity contribution in [3.63, 3.8) is 0 Å². The topological polar surface area (TPSA) is 65.4 Å². The molecule has 0 amide bonds. The first-order valence-electron chi connectivity index (χ1n) is 5.30.